The Bertz CT molecular complexity index is 273. The Kier molecular flexibility index (Phi) is 2.04. The minimum atomic E-state index is -0.329. The van der Waals surface area contributed by atoms with E-state index in [-0.39, 0.29) is 5.78 Å². The average Bonchev–Trinajstić information content (AvgIpc) is 2.38. The Balaban J connectivity index is 2.87. The minimum Gasteiger partial charge on any atom is -0.361 e. The van der Waals surface area contributed by atoms with Crippen molar-refractivity contribution in [1.29, 1.82) is 0 Å². The lowest BCUT2D eigenvalue weighted by Crippen LogP contribution is -1.96. The number of rotatable bonds is 2. The number of carbonyl (C=O) groups is 1. The second-order valence-electron chi connectivity index (χ2n) is 1.47. The van der Waals surface area contributed by atoms with E-state index in [1.165, 1.54) is 17.5 Å². The monoisotopic (exact) mass is 153 g/mol. The Hall–Kier alpha value is -1.32. The molecule has 1 heterocycles. The van der Waals surface area contributed by atoms with E-state index >= 15 is 0 Å². The van der Waals surface area contributed by atoms with Crippen molar-refractivity contribution in [3.05, 3.63) is 22.1 Å². The summed E-state index contributed by atoms with van der Waals surface area (Å²) in [5, 5.41) is 0. The average molecular weight is 153 g/mol. The van der Waals surface area contributed by atoms with Gasteiger partial charge in [-0.05, 0) is 0 Å². The van der Waals surface area contributed by atoms with Crippen LogP contribution in [-0.2, 0) is 0 Å². The van der Waals surface area contributed by atoms with Gasteiger partial charge >= 0.3 is 6.21 Å². The molecule has 1 aromatic rings. The molecule has 0 aliphatic carbocycles. The first kappa shape index (κ1) is 6.80. The molecule has 1 rings (SSSR count). The van der Waals surface area contributed by atoms with E-state index in [1.54, 1.807) is 5.51 Å². The van der Waals surface area contributed by atoms with Gasteiger partial charge in [-0.15, -0.1) is 11.3 Å². The van der Waals surface area contributed by atoms with Gasteiger partial charge in [0.2, 0.25) is 0 Å². The number of hydrogen-bond donors (Lipinski definition) is 0. The highest BCUT2D eigenvalue weighted by Crippen LogP contribution is 2.03. The summed E-state index contributed by atoms with van der Waals surface area (Å²) in [6.45, 7) is 0. The van der Waals surface area contributed by atoms with Gasteiger partial charge in [-0.1, -0.05) is 0 Å². The predicted octanol–water partition coefficient (Wildman–Crippen LogP) is 0.626. The van der Waals surface area contributed by atoms with Crippen molar-refractivity contribution >= 4 is 23.3 Å². The topological polar surface area (TPSA) is 66.4 Å². The number of Topliss-reactive ketones (excluding diaryl/α,β-unsaturated/α-hetero) is 1. The number of thiazole rings is 1. The molecule has 0 aliphatic rings. The fraction of sp³-hybridized carbons (Fsp3) is 0. The van der Waals surface area contributed by atoms with Crippen LogP contribution in [0.1, 0.15) is 9.67 Å². The van der Waals surface area contributed by atoms with Crippen LogP contribution in [0.3, 0.4) is 0 Å². The van der Waals surface area contributed by atoms with E-state index in [0.29, 0.717) is 4.88 Å². The molecule has 0 amide bonds. The summed E-state index contributed by atoms with van der Waals surface area (Å²) in [6, 6.07) is 0. The summed E-state index contributed by atoms with van der Waals surface area (Å²) in [5.41, 5.74) is 9.51. The van der Waals surface area contributed by atoms with Gasteiger partial charge in [0.25, 0.3) is 5.78 Å². The summed E-state index contributed by atoms with van der Waals surface area (Å²) in [7, 11) is 0. The molecule has 0 aromatic carbocycles. The van der Waals surface area contributed by atoms with Crippen LogP contribution in [0.4, 0.5) is 0 Å². The Morgan fingerprint density at radius 1 is 1.90 bits per heavy atom. The van der Waals surface area contributed by atoms with Crippen LogP contribution in [0.2, 0.25) is 0 Å². The van der Waals surface area contributed by atoms with Gasteiger partial charge in [0.15, 0.2) is 0 Å². The van der Waals surface area contributed by atoms with Crippen molar-refractivity contribution in [2.45, 2.75) is 0 Å². The van der Waals surface area contributed by atoms with Crippen molar-refractivity contribution in [2.24, 2.45) is 0 Å². The SMILES string of the molecule is [N-]=[N+]=CC(=O)c1cncs1. The molecule has 0 saturated carbocycles. The minimum absolute atomic E-state index is 0.329. The van der Waals surface area contributed by atoms with Gasteiger partial charge in [0.05, 0.1) is 5.51 Å². The number of carbonyl (C=O) groups excluding carboxylic acids is 1. The lowest BCUT2D eigenvalue weighted by molar-refractivity contribution is 0.00239. The fourth-order valence-electron chi connectivity index (χ4n) is 0.454. The molecule has 5 heteroatoms. The highest BCUT2D eigenvalue weighted by Gasteiger charge is 2.06. The summed E-state index contributed by atoms with van der Waals surface area (Å²) in [6.07, 6.45) is 2.27. The van der Waals surface area contributed by atoms with Crippen LogP contribution in [0.25, 0.3) is 5.53 Å². The number of ketones is 1. The quantitative estimate of drug-likeness (QED) is 0.270. The third-order valence-corrected chi connectivity index (χ3v) is 1.64. The highest BCUT2D eigenvalue weighted by atomic mass is 32.1. The lowest BCUT2D eigenvalue weighted by atomic mass is 10.4. The lowest BCUT2D eigenvalue weighted by Gasteiger charge is -1.75. The summed E-state index contributed by atoms with van der Waals surface area (Å²) >= 11 is 1.21. The molecule has 50 valence electrons. The number of hydrogen-bond acceptors (Lipinski definition) is 3. The molecular weight excluding hydrogens is 150 g/mol. The van der Waals surface area contributed by atoms with Gasteiger partial charge in [-0.2, -0.15) is 4.79 Å². The number of aromatic nitrogens is 1. The third kappa shape index (κ3) is 1.34. The maximum atomic E-state index is 10.8. The van der Waals surface area contributed by atoms with E-state index in [2.05, 4.69) is 9.77 Å². The van der Waals surface area contributed by atoms with E-state index < -0.39 is 0 Å². The zero-order valence-corrected chi connectivity index (χ0v) is 5.71. The van der Waals surface area contributed by atoms with E-state index in [9.17, 15) is 4.79 Å². The van der Waals surface area contributed by atoms with Crippen molar-refractivity contribution in [3.8, 4) is 0 Å². The largest absolute Gasteiger partial charge is 0.361 e. The molecule has 0 bridgehead atoms. The van der Waals surface area contributed by atoms with Crippen molar-refractivity contribution < 1.29 is 9.58 Å². The Labute approximate surface area is 60.8 Å². The molecule has 0 aliphatic heterocycles. The van der Waals surface area contributed by atoms with Gasteiger partial charge in [0.1, 0.15) is 4.88 Å². The first-order valence-corrected chi connectivity index (χ1v) is 3.33. The molecule has 0 unspecified atom stereocenters. The van der Waals surface area contributed by atoms with Crippen LogP contribution < -0.4 is 0 Å². The van der Waals surface area contributed by atoms with Crippen LogP contribution in [0, 0.1) is 0 Å². The summed E-state index contributed by atoms with van der Waals surface area (Å²) < 4.78 is 0. The normalized spacial score (nSPS) is 8.40. The third-order valence-electron chi connectivity index (χ3n) is 0.850. The van der Waals surface area contributed by atoms with Crippen molar-refractivity contribution in [1.82, 2.24) is 4.98 Å². The van der Waals surface area contributed by atoms with Gasteiger partial charge in [-0.3, -0.25) is 9.78 Å². The van der Waals surface area contributed by atoms with Crippen LogP contribution in [0.15, 0.2) is 11.7 Å². The predicted molar refractivity (Wildman–Crippen MR) is 36.1 cm³/mol. The zero-order chi connectivity index (χ0) is 7.40. The second-order valence-corrected chi connectivity index (χ2v) is 2.36. The highest BCUT2D eigenvalue weighted by molar-refractivity contribution is 7.12. The molecule has 0 radical (unpaired) electrons. The van der Waals surface area contributed by atoms with Crippen LogP contribution in [0.5, 0.6) is 0 Å². The molecule has 1 aromatic heterocycles. The molecule has 0 fully saturated rings. The molecule has 4 nitrogen and oxygen atoms in total. The van der Waals surface area contributed by atoms with Crippen LogP contribution >= 0.6 is 11.3 Å². The van der Waals surface area contributed by atoms with Gasteiger partial charge < -0.3 is 5.53 Å². The molecule has 0 spiro atoms. The van der Waals surface area contributed by atoms with E-state index in [0.717, 1.165) is 6.21 Å². The molecule has 10 heavy (non-hydrogen) atoms. The summed E-state index contributed by atoms with van der Waals surface area (Å²) in [5.74, 6) is -0.329. The second kappa shape index (κ2) is 3.00. The maximum absolute atomic E-state index is 10.8. The Morgan fingerprint density at radius 3 is 3.20 bits per heavy atom. The zero-order valence-electron chi connectivity index (χ0n) is 4.89. The van der Waals surface area contributed by atoms with Gasteiger partial charge in [0, 0.05) is 6.20 Å². The molecular formula is C5H3N3OS. The Morgan fingerprint density at radius 2 is 2.70 bits per heavy atom. The van der Waals surface area contributed by atoms with E-state index in [1.807, 2.05) is 0 Å². The maximum Gasteiger partial charge on any atom is 0.328 e. The van der Waals surface area contributed by atoms with E-state index in [4.69, 9.17) is 5.53 Å². The van der Waals surface area contributed by atoms with Crippen LogP contribution in [-0.4, -0.2) is 21.8 Å². The molecule has 0 atom stereocenters. The van der Waals surface area contributed by atoms with Gasteiger partial charge in [-0.25, -0.2) is 0 Å². The van der Waals surface area contributed by atoms with Crippen molar-refractivity contribution in [2.75, 3.05) is 0 Å². The molecule has 0 saturated heterocycles. The summed E-state index contributed by atoms with van der Waals surface area (Å²) in [4.78, 5) is 17.5. The standard InChI is InChI=1S/C5H3N3OS/c6-8-1-4(9)5-2-7-3-10-5/h1-3H. The smallest absolute Gasteiger partial charge is 0.328 e. The first-order chi connectivity index (χ1) is 4.84. The van der Waals surface area contributed by atoms with Crippen molar-refractivity contribution in [3.63, 3.8) is 0 Å². The first-order valence-electron chi connectivity index (χ1n) is 2.45. The molecule has 0 N–H and O–H groups in total. The fourth-order valence-corrected chi connectivity index (χ4v) is 0.979. The number of nitrogens with zero attached hydrogens (tertiary/aromatic N) is 3.